The zero-order chi connectivity index (χ0) is 18.4. The molecule has 0 saturated heterocycles. The van der Waals surface area contributed by atoms with Crippen molar-refractivity contribution in [2.24, 2.45) is 0 Å². The maximum Gasteiger partial charge on any atom is 0.387 e. The van der Waals surface area contributed by atoms with Gasteiger partial charge in [-0.15, -0.1) is 11.8 Å². The number of imide groups is 1. The van der Waals surface area contributed by atoms with E-state index in [0.717, 1.165) is 16.0 Å². The highest BCUT2D eigenvalue weighted by Gasteiger charge is 2.12. The predicted octanol–water partition coefficient (Wildman–Crippen LogP) is 3.95. The van der Waals surface area contributed by atoms with Crippen molar-refractivity contribution in [2.45, 2.75) is 25.4 Å². The van der Waals surface area contributed by atoms with Crippen molar-refractivity contribution >= 4 is 23.6 Å². The number of hydrogen-bond acceptors (Lipinski definition) is 4. The van der Waals surface area contributed by atoms with E-state index in [1.807, 2.05) is 32.0 Å². The van der Waals surface area contributed by atoms with Crippen molar-refractivity contribution in [3.8, 4) is 5.75 Å². The maximum atomic E-state index is 12.1. The van der Waals surface area contributed by atoms with Crippen LogP contribution in [0.4, 0.5) is 8.78 Å². The monoisotopic (exact) mass is 365 g/mol. The summed E-state index contributed by atoms with van der Waals surface area (Å²) >= 11 is 1.35. The van der Waals surface area contributed by atoms with Gasteiger partial charge in [0.1, 0.15) is 5.75 Å². The molecule has 0 heterocycles. The molecule has 0 unspecified atom stereocenters. The lowest BCUT2D eigenvalue weighted by Crippen LogP contribution is -2.31. The van der Waals surface area contributed by atoms with Gasteiger partial charge in [0.25, 0.3) is 5.91 Å². The Balaban J connectivity index is 1.89. The molecule has 7 heteroatoms. The molecular formula is C18H17F2NO3S. The molecule has 0 atom stereocenters. The molecule has 2 rings (SSSR count). The first-order valence-electron chi connectivity index (χ1n) is 7.44. The topological polar surface area (TPSA) is 55.4 Å². The Kier molecular flexibility index (Phi) is 6.52. The molecule has 0 aliphatic heterocycles. The lowest BCUT2D eigenvalue weighted by Gasteiger charge is -2.08. The number of alkyl halides is 2. The second-order valence-electron chi connectivity index (χ2n) is 5.34. The number of hydrogen-bond donors (Lipinski definition) is 1. The number of thioether (sulfide) groups is 1. The van der Waals surface area contributed by atoms with Crippen LogP contribution in [-0.2, 0) is 4.79 Å². The van der Waals surface area contributed by atoms with E-state index in [2.05, 4.69) is 10.1 Å². The summed E-state index contributed by atoms with van der Waals surface area (Å²) in [5.74, 6) is -0.967. The molecule has 0 aliphatic rings. The number of carbonyl (C=O) groups excluding carboxylic acids is 2. The average molecular weight is 365 g/mol. The summed E-state index contributed by atoms with van der Waals surface area (Å²) in [7, 11) is 0. The van der Waals surface area contributed by atoms with E-state index in [1.165, 1.54) is 36.0 Å². The molecule has 25 heavy (non-hydrogen) atoms. The summed E-state index contributed by atoms with van der Waals surface area (Å²) in [4.78, 5) is 24.9. The highest BCUT2D eigenvalue weighted by Crippen LogP contribution is 2.23. The van der Waals surface area contributed by atoms with Crippen molar-refractivity contribution in [2.75, 3.05) is 5.75 Å². The fourth-order valence-corrected chi connectivity index (χ4v) is 2.95. The number of halogens is 2. The van der Waals surface area contributed by atoms with Crippen LogP contribution in [0.25, 0.3) is 0 Å². The van der Waals surface area contributed by atoms with E-state index in [0.29, 0.717) is 0 Å². The molecule has 0 saturated carbocycles. The van der Waals surface area contributed by atoms with E-state index in [1.54, 1.807) is 0 Å². The predicted molar refractivity (Wildman–Crippen MR) is 92.2 cm³/mol. The van der Waals surface area contributed by atoms with Crippen molar-refractivity contribution in [1.82, 2.24) is 5.32 Å². The number of nitrogens with one attached hydrogen (secondary N) is 1. The third kappa shape index (κ3) is 5.86. The summed E-state index contributed by atoms with van der Waals surface area (Å²) in [5.41, 5.74) is 2.34. The number of ether oxygens (including phenoxy) is 1. The van der Waals surface area contributed by atoms with E-state index in [4.69, 9.17) is 0 Å². The van der Waals surface area contributed by atoms with Gasteiger partial charge >= 0.3 is 6.61 Å². The van der Waals surface area contributed by atoms with Gasteiger partial charge < -0.3 is 4.74 Å². The lowest BCUT2D eigenvalue weighted by molar-refractivity contribution is -0.117. The van der Waals surface area contributed by atoms with Gasteiger partial charge in [-0.3, -0.25) is 14.9 Å². The first kappa shape index (κ1) is 18.9. The van der Waals surface area contributed by atoms with Crippen LogP contribution in [0.2, 0.25) is 0 Å². The second kappa shape index (κ2) is 8.62. The van der Waals surface area contributed by atoms with Gasteiger partial charge in [0.05, 0.1) is 5.75 Å². The molecule has 0 aromatic heterocycles. The van der Waals surface area contributed by atoms with Crippen LogP contribution in [-0.4, -0.2) is 24.2 Å². The largest absolute Gasteiger partial charge is 0.435 e. The second-order valence-corrected chi connectivity index (χ2v) is 6.35. The molecule has 0 bridgehead atoms. The van der Waals surface area contributed by atoms with Crippen LogP contribution in [0.5, 0.6) is 5.75 Å². The van der Waals surface area contributed by atoms with E-state index in [-0.39, 0.29) is 17.1 Å². The minimum absolute atomic E-state index is 0.0524. The highest BCUT2D eigenvalue weighted by molar-refractivity contribution is 8.00. The fraction of sp³-hybridized carbons (Fsp3) is 0.222. The van der Waals surface area contributed by atoms with Crippen LogP contribution < -0.4 is 10.1 Å². The molecule has 0 spiro atoms. The number of aryl methyl sites for hydroxylation is 2. The minimum Gasteiger partial charge on any atom is -0.435 e. The molecule has 0 radical (unpaired) electrons. The van der Waals surface area contributed by atoms with Gasteiger partial charge in [-0.25, -0.2) is 0 Å². The Labute approximate surface area is 148 Å². The molecule has 2 amide bonds. The van der Waals surface area contributed by atoms with E-state index < -0.39 is 18.4 Å². The smallest absolute Gasteiger partial charge is 0.387 e. The van der Waals surface area contributed by atoms with Crippen molar-refractivity contribution in [3.63, 3.8) is 0 Å². The maximum absolute atomic E-state index is 12.1. The van der Waals surface area contributed by atoms with Gasteiger partial charge in [-0.2, -0.15) is 8.78 Å². The molecule has 0 aliphatic carbocycles. The standard InChI is InChI=1S/C18H17F2NO3S/c1-11-3-4-12(2)15(9-11)25-10-16(22)21-17(23)13-5-7-14(8-6-13)24-18(19)20/h3-9,18H,10H2,1-2H3,(H,21,22,23). The van der Waals surface area contributed by atoms with Crippen molar-refractivity contribution in [3.05, 3.63) is 59.2 Å². The van der Waals surface area contributed by atoms with Crippen LogP contribution in [0.1, 0.15) is 21.5 Å². The van der Waals surface area contributed by atoms with E-state index >= 15 is 0 Å². The highest BCUT2D eigenvalue weighted by atomic mass is 32.2. The van der Waals surface area contributed by atoms with E-state index in [9.17, 15) is 18.4 Å². The van der Waals surface area contributed by atoms with Crippen molar-refractivity contribution in [1.29, 1.82) is 0 Å². The summed E-state index contributed by atoms with van der Waals surface area (Å²) in [6.45, 7) is 0.992. The van der Waals surface area contributed by atoms with Gasteiger partial charge in [0.2, 0.25) is 5.91 Å². The van der Waals surface area contributed by atoms with Gasteiger partial charge in [-0.1, -0.05) is 17.7 Å². The molecule has 132 valence electrons. The van der Waals surface area contributed by atoms with Crippen LogP contribution >= 0.6 is 11.8 Å². The molecule has 0 fully saturated rings. The number of benzene rings is 2. The number of amides is 2. The lowest BCUT2D eigenvalue weighted by atomic mass is 10.2. The summed E-state index contributed by atoms with van der Waals surface area (Å²) < 4.78 is 28.4. The Morgan fingerprint density at radius 2 is 1.80 bits per heavy atom. The fourth-order valence-electron chi connectivity index (χ4n) is 2.03. The molecule has 2 aromatic carbocycles. The van der Waals surface area contributed by atoms with Gasteiger partial charge in [-0.05, 0) is 49.7 Å². The molecule has 1 N–H and O–H groups in total. The minimum atomic E-state index is -2.93. The van der Waals surface area contributed by atoms with Crippen LogP contribution in [0.15, 0.2) is 47.4 Å². The third-order valence-corrected chi connectivity index (χ3v) is 4.45. The normalized spacial score (nSPS) is 10.6. The summed E-state index contributed by atoms with van der Waals surface area (Å²) in [6.07, 6.45) is 0. The molecular weight excluding hydrogens is 348 g/mol. The van der Waals surface area contributed by atoms with Gasteiger partial charge in [0.15, 0.2) is 0 Å². The number of carbonyl (C=O) groups is 2. The van der Waals surface area contributed by atoms with Crippen LogP contribution in [0.3, 0.4) is 0 Å². The van der Waals surface area contributed by atoms with Crippen LogP contribution in [0, 0.1) is 13.8 Å². The zero-order valence-electron chi connectivity index (χ0n) is 13.7. The van der Waals surface area contributed by atoms with Crippen molar-refractivity contribution < 1.29 is 23.1 Å². The Morgan fingerprint density at radius 3 is 2.44 bits per heavy atom. The number of rotatable bonds is 6. The summed E-state index contributed by atoms with van der Waals surface area (Å²) in [6, 6.07) is 11.1. The summed E-state index contributed by atoms with van der Waals surface area (Å²) in [5, 5.41) is 2.27. The SMILES string of the molecule is Cc1ccc(C)c(SCC(=O)NC(=O)c2ccc(OC(F)F)cc2)c1. The quantitative estimate of drug-likeness (QED) is 0.788. The zero-order valence-corrected chi connectivity index (χ0v) is 14.5. The average Bonchev–Trinajstić information content (AvgIpc) is 2.55. The Morgan fingerprint density at radius 1 is 1.12 bits per heavy atom. The first-order chi connectivity index (χ1) is 11.8. The first-order valence-corrected chi connectivity index (χ1v) is 8.43. The Bertz CT molecular complexity index is 763. The van der Waals surface area contributed by atoms with Gasteiger partial charge in [0, 0.05) is 10.5 Å². The Hall–Kier alpha value is -2.41. The third-order valence-electron chi connectivity index (χ3n) is 3.30. The molecule has 4 nitrogen and oxygen atoms in total. The molecule has 2 aromatic rings.